The monoisotopic (exact) mass is 205 g/mol. The van der Waals surface area contributed by atoms with Crippen LogP contribution < -0.4 is 0 Å². The van der Waals surface area contributed by atoms with Crippen LogP contribution in [0, 0.1) is 6.92 Å². The van der Waals surface area contributed by atoms with Crippen LogP contribution >= 0.6 is 0 Å². The summed E-state index contributed by atoms with van der Waals surface area (Å²) in [6.07, 6.45) is 1.87. The Hall–Kier alpha value is -1.68. The summed E-state index contributed by atoms with van der Waals surface area (Å²) in [7, 11) is 0. The number of hydrogen-bond acceptors (Lipinski definition) is 4. The fourth-order valence-corrected chi connectivity index (χ4v) is 1.35. The van der Waals surface area contributed by atoms with Gasteiger partial charge in [-0.2, -0.15) is 4.89 Å². The molecule has 0 unspecified atom stereocenters. The van der Waals surface area contributed by atoms with Gasteiger partial charge in [0.05, 0.1) is 6.42 Å². The number of aromatic nitrogens is 1. The van der Waals surface area contributed by atoms with Crippen LogP contribution in [0.1, 0.15) is 11.4 Å². The quantitative estimate of drug-likeness (QED) is 0.699. The Morgan fingerprint density at radius 2 is 2.40 bits per heavy atom. The molecule has 2 heterocycles. The summed E-state index contributed by atoms with van der Waals surface area (Å²) in [5.41, 5.74) is 1.65. The number of carbonyl (C=O) groups excluding carboxylic acids is 1. The van der Waals surface area contributed by atoms with Crippen LogP contribution in [0.5, 0.6) is 0 Å². The second kappa shape index (κ2) is 4.23. The standard InChI is InChI=1S/C11H11NO3/c1-8-3-2-4-9(12-8)7-10(13)11-5-6-14-15-11/h2-5H,6-7H2,1H3. The maximum absolute atomic E-state index is 11.6. The first-order valence-corrected chi connectivity index (χ1v) is 4.71. The topological polar surface area (TPSA) is 48.4 Å². The fraction of sp³-hybridized carbons (Fsp3) is 0.273. The van der Waals surface area contributed by atoms with E-state index in [9.17, 15) is 4.79 Å². The molecule has 1 aliphatic heterocycles. The lowest BCUT2D eigenvalue weighted by Gasteiger charge is -2.01. The molecule has 1 aromatic rings. The van der Waals surface area contributed by atoms with Crippen molar-refractivity contribution in [2.45, 2.75) is 13.3 Å². The molecule has 0 spiro atoms. The number of allylic oxidation sites excluding steroid dienone is 1. The summed E-state index contributed by atoms with van der Waals surface area (Å²) < 4.78 is 0. The average Bonchev–Trinajstić information content (AvgIpc) is 2.70. The SMILES string of the molecule is Cc1cccc(CC(=O)C2=CCOO2)n1. The summed E-state index contributed by atoms with van der Waals surface area (Å²) in [4.78, 5) is 25.2. The lowest BCUT2D eigenvalue weighted by atomic mass is 10.1. The van der Waals surface area contributed by atoms with Crippen molar-refractivity contribution in [2.24, 2.45) is 0 Å². The van der Waals surface area contributed by atoms with E-state index < -0.39 is 0 Å². The first-order chi connectivity index (χ1) is 7.25. The molecule has 0 saturated heterocycles. The van der Waals surface area contributed by atoms with E-state index in [2.05, 4.69) is 9.87 Å². The minimum Gasteiger partial charge on any atom is -0.334 e. The van der Waals surface area contributed by atoms with Crippen molar-refractivity contribution < 1.29 is 14.6 Å². The van der Waals surface area contributed by atoms with Gasteiger partial charge in [-0.15, -0.1) is 0 Å². The van der Waals surface area contributed by atoms with E-state index in [1.165, 1.54) is 0 Å². The summed E-state index contributed by atoms with van der Waals surface area (Å²) >= 11 is 0. The summed E-state index contributed by atoms with van der Waals surface area (Å²) in [5.74, 6) is 0.170. The van der Waals surface area contributed by atoms with E-state index >= 15 is 0 Å². The van der Waals surface area contributed by atoms with Crippen LogP contribution in [0.4, 0.5) is 0 Å². The Balaban J connectivity index is 2.05. The number of rotatable bonds is 3. The normalized spacial score (nSPS) is 14.6. The smallest absolute Gasteiger partial charge is 0.207 e. The highest BCUT2D eigenvalue weighted by Crippen LogP contribution is 2.10. The molecule has 0 radical (unpaired) electrons. The first kappa shape index (κ1) is 9.86. The van der Waals surface area contributed by atoms with Crippen molar-refractivity contribution in [2.75, 3.05) is 6.61 Å². The first-order valence-electron chi connectivity index (χ1n) is 4.71. The van der Waals surface area contributed by atoms with Crippen molar-refractivity contribution in [1.29, 1.82) is 0 Å². The highest BCUT2D eigenvalue weighted by Gasteiger charge is 2.17. The van der Waals surface area contributed by atoms with Crippen molar-refractivity contribution in [1.82, 2.24) is 4.98 Å². The van der Waals surface area contributed by atoms with Crippen molar-refractivity contribution >= 4 is 5.78 Å². The maximum atomic E-state index is 11.6. The number of pyridine rings is 1. The highest BCUT2D eigenvalue weighted by molar-refractivity contribution is 5.94. The number of carbonyl (C=O) groups is 1. The van der Waals surface area contributed by atoms with Crippen molar-refractivity contribution in [3.63, 3.8) is 0 Å². The Morgan fingerprint density at radius 3 is 3.07 bits per heavy atom. The summed E-state index contributed by atoms with van der Waals surface area (Å²) in [5, 5.41) is 0. The van der Waals surface area contributed by atoms with Crippen LogP contribution in [-0.4, -0.2) is 17.4 Å². The third kappa shape index (κ3) is 2.41. The summed E-state index contributed by atoms with van der Waals surface area (Å²) in [6, 6.07) is 5.59. The Kier molecular flexibility index (Phi) is 2.78. The van der Waals surface area contributed by atoms with Crippen LogP contribution in [0.2, 0.25) is 0 Å². The predicted molar refractivity (Wildman–Crippen MR) is 52.8 cm³/mol. The third-order valence-corrected chi connectivity index (χ3v) is 2.05. The van der Waals surface area contributed by atoms with Gasteiger partial charge in [-0.25, -0.2) is 0 Å². The van der Waals surface area contributed by atoms with E-state index in [4.69, 9.17) is 4.89 Å². The van der Waals surface area contributed by atoms with E-state index in [0.29, 0.717) is 6.61 Å². The minimum absolute atomic E-state index is 0.106. The molecule has 78 valence electrons. The van der Waals surface area contributed by atoms with Crippen molar-refractivity contribution in [3.8, 4) is 0 Å². The largest absolute Gasteiger partial charge is 0.334 e. The highest BCUT2D eigenvalue weighted by atomic mass is 17.2. The number of hydrogen-bond donors (Lipinski definition) is 0. The second-order valence-electron chi connectivity index (χ2n) is 3.31. The maximum Gasteiger partial charge on any atom is 0.207 e. The molecule has 4 nitrogen and oxygen atoms in total. The van der Waals surface area contributed by atoms with Crippen molar-refractivity contribution in [3.05, 3.63) is 41.4 Å². The number of nitrogens with zero attached hydrogens (tertiary/aromatic N) is 1. The lowest BCUT2D eigenvalue weighted by Crippen LogP contribution is -2.08. The molecule has 0 atom stereocenters. The molecule has 4 heteroatoms. The Morgan fingerprint density at radius 1 is 1.53 bits per heavy atom. The van der Waals surface area contributed by atoms with E-state index in [1.54, 1.807) is 6.08 Å². The molecule has 0 fully saturated rings. The molecule has 0 aromatic carbocycles. The van der Waals surface area contributed by atoms with Crippen LogP contribution in [0.25, 0.3) is 0 Å². The molecule has 0 saturated carbocycles. The number of aryl methyl sites for hydroxylation is 1. The molecule has 0 amide bonds. The average molecular weight is 205 g/mol. The van der Waals surface area contributed by atoms with Crippen LogP contribution in [0.3, 0.4) is 0 Å². The van der Waals surface area contributed by atoms with Gasteiger partial charge in [0.1, 0.15) is 6.61 Å². The van der Waals surface area contributed by atoms with E-state index in [1.807, 2.05) is 25.1 Å². The number of ketones is 1. The second-order valence-corrected chi connectivity index (χ2v) is 3.31. The van der Waals surface area contributed by atoms with E-state index in [0.717, 1.165) is 11.4 Å². The van der Waals surface area contributed by atoms with Crippen LogP contribution in [-0.2, 0) is 21.0 Å². The molecule has 15 heavy (non-hydrogen) atoms. The molecular weight excluding hydrogens is 194 g/mol. The molecule has 1 aromatic heterocycles. The zero-order valence-electron chi connectivity index (χ0n) is 8.40. The number of Topliss-reactive ketones (excluding diaryl/α,β-unsaturated/α-hetero) is 1. The van der Waals surface area contributed by atoms with Gasteiger partial charge in [-0.1, -0.05) is 6.07 Å². The fourth-order valence-electron chi connectivity index (χ4n) is 1.35. The Bertz CT molecular complexity index is 412. The molecular formula is C11H11NO3. The zero-order chi connectivity index (χ0) is 10.7. The lowest BCUT2D eigenvalue weighted by molar-refractivity contribution is -0.233. The van der Waals surface area contributed by atoms with Gasteiger partial charge in [-0.3, -0.25) is 9.78 Å². The van der Waals surface area contributed by atoms with Crippen LogP contribution in [0.15, 0.2) is 30.0 Å². The molecule has 0 aliphatic carbocycles. The Labute approximate surface area is 87.5 Å². The molecule has 2 rings (SSSR count). The molecule has 1 aliphatic rings. The molecule has 0 bridgehead atoms. The van der Waals surface area contributed by atoms with E-state index in [-0.39, 0.29) is 18.0 Å². The van der Waals surface area contributed by atoms with Gasteiger partial charge in [0.15, 0.2) is 0 Å². The van der Waals surface area contributed by atoms with Gasteiger partial charge in [0.25, 0.3) is 0 Å². The third-order valence-electron chi connectivity index (χ3n) is 2.05. The molecule has 0 N–H and O–H groups in total. The predicted octanol–water partition coefficient (Wildman–Crippen LogP) is 1.35. The summed E-state index contributed by atoms with van der Waals surface area (Å²) in [6.45, 7) is 2.23. The van der Waals surface area contributed by atoms with Gasteiger partial charge < -0.3 is 4.89 Å². The van der Waals surface area contributed by atoms with Gasteiger partial charge in [0, 0.05) is 11.4 Å². The van der Waals surface area contributed by atoms with Gasteiger partial charge in [-0.05, 0) is 25.1 Å². The zero-order valence-corrected chi connectivity index (χ0v) is 8.40. The van der Waals surface area contributed by atoms with Gasteiger partial charge in [0.2, 0.25) is 11.5 Å². The minimum atomic E-state index is -0.106. The van der Waals surface area contributed by atoms with Gasteiger partial charge >= 0.3 is 0 Å².